The summed E-state index contributed by atoms with van der Waals surface area (Å²) in [6.45, 7) is 7.36. The molecule has 1 amide bonds. The third-order valence-corrected chi connectivity index (χ3v) is 5.09. The maximum absolute atomic E-state index is 10.9. The first kappa shape index (κ1) is 27.3. The van der Waals surface area contributed by atoms with Crippen LogP contribution >= 0.6 is 0 Å². The Morgan fingerprint density at radius 1 is 1.17 bits per heavy atom. The Kier molecular flexibility index (Phi) is 14.3. The Balaban J connectivity index is 0.000000734. The summed E-state index contributed by atoms with van der Waals surface area (Å²) in [5.41, 5.74) is 0.431. The Bertz CT molecular complexity index is 503. The van der Waals surface area contributed by atoms with Gasteiger partial charge in [0.25, 0.3) is 0 Å². The fourth-order valence-corrected chi connectivity index (χ4v) is 3.56. The molecule has 0 aliphatic heterocycles. The number of hydrogen-bond acceptors (Lipinski definition) is 6. The van der Waals surface area contributed by atoms with Crippen molar-refractivity contribution in [1.29, 1.82) is 0 Å². The summed E-state index contributed by atoms with van der Waals surface area (Å²) >= 11 is 0. The van der Waals surface area contributed by atoms with Crippen LogP contribution in [0.15, 0.2) is 5.16 Å². The van der Waals surface area contributed by atoms with Crippen molar-refractivity contribution in [3.63, 3.8) is 0 Å². The lowest BCUT2D eigenvalue weighted by molar-refractivity contribution is -0.112. The van der Waals surface area contributed by atoms with Gasteiger partial charge in [0, 0.05) is 6.42 Å². The van der Waals surface area contributed by atoms with Gasteiger partial charge < -0.3 is 25.5 Å². The monoisotopic (exact) mass is 416 g/mol. The van der Waals surface area contributed by atoms with Gasteiger partial charge in [0.1, 0.15) is 18.9 Å². The van der Waals surface area contributed by atoms with Crippen LogP contribution in [0.4, 0.5) is 4.79 Å². The molecule has 8 nitrogen and oxygen atoms in total. The molecule has 3 atom stereocenters. The van der Waals surface area contributed by atoms with Gasteiger partial charge in [-0.2, -0.15) is 0 Å². The van der Waals surface area contributed by atoms with Crippen molar-refractivity contribution in [2.45, 2.75) is 97.3 Å². The smallest absolute Gasteiger partial charge is 0.404 e. The molecule has 0 aromatic carbocycles. The number of aliphatic hydroxyl groups excluding tert-OH is 2. The van der Waals surface area contributed by atoms with E-state index in [4.69, 9.17) is 5.11 Å². The number of hydrogen-bond donors (Lipinski definition) is 4. The van der Waals surface area contributed by atoms with Crippen LogP contribution in [-0.4, -0.2) is 58.3 Å². The van der Waals surface area contributed by atoms with Crippen LogP contribution in [0, 0.1) is 11.8 Å². The molecule has 170 valence electrons. The third-order valence-electron chi connectivity index (χ3n) is 5.09. The summed E-state index contributed by atoms with van der Waals surface area (Å²) in [6.07, 6.45) is 4.30. The van der Waals surface area contributed by atoms with Gasteiger partial charge in [0.05, 0.1) is 12.1 Å². The highest BCUT2D eigenvalue weighted by molar-refractivity contribution is 6.38. The van der Waals surface area contributed by atoms with Crippen LogP contribution in [0.5, 0.6) is 0 Å². The summed E-state index contributed by atoms with van der Waals surface area (Å²) in [4.78, 5) is 26.0. The molecule has 1 aliphatic carbocycles. The molecule has 0 bridgehead atoms. The Labute approximate surface area is 174 Å². The minimum Gasteiger partial charge on any atom is -0.465 e. The van der Waals surface area contributed by atoms with Crippen molar-refractivity contribution in [2.75, 3.05) is 7.11 Å². The molecule has 0 aromatic rings. The van der Waals surface area contributed by atoms with E-state index in [-0.39, 0.29) is 11.7 Å². The molecule has 29 heavy (non-hydrogen) atoms. The van der Waals surface area contributed by atoms with E-state index in [1.54, 1.807) is 13.8 Å². The molecule has 3 unspecified atom stereocenters. The predicted molar refractivity (Wildman–Crippen MR) is 113 cm³/mol. The second-order valence-electron chi connectivity index (χ2n) is 8.12. The lowest BCUT2D eigenvalue weighted by atomic mass is 9.82. The topological polar surface area (TPSA) is 128 Å². The van der Waals surface area contributed by atoms with Crippen molar-refractivity contribution in [2.24, 2.45) is 17.0 Å². The fraction of sp³-hybridized carbons (Fsp3) is 0.857. The number of carbonyl (C=O) groups excluding carboxylic acids is 1. The summed E-state index contributed by atoms with van der Waals surface area (Å²) in [7, 11) is 1.42. The van der Waals surface area contributed by atoms with Gasteiger partial charge in [-0.1, -0.05) is 58.0 Å². The van der Waals surface area contributed by atoms with Gasteiger partial charge in [-0.3, -0.25) is 4.79 Å². The van der Waals surface area contributed by atoms with Crippen molar-refractivity contribution in [3.8, 4) is 0 Å². The van der Waals surface area contributed by atoms with Crippen LogP contribution in [0.2, 0.25) is 0 Å². The Morgan fingerprint density at radius 2 is 1.76 bits per heavy atom. The largest absolute Gasteiger partial charge is 0.465 e. The van der Waals surface area contributed by atoms with Crippen LogP contribution in [0.25, 0.3) is 0 Å². The van der Waals surface area contributed by atoms with E-state index in [1.807, 2.05) is 13.8 Å². The quantitative estimate of drug-likeness (QED) is 0.319. The number of aliphatic hydroxyl groups is 2. The summed E-state index contributed by atoms with van der Waals surface area (Å²) in [5.74, 6) is 0.734. The maximum Gasteiger partial charge on any atom is 0.404 e. The number of carboxylic acid groups (broad SMARTS) is 1. The number of Topliss-reactive ketones (excluding diaryl/α,β-unsaturated/α-hetero) is 1. The lowest BCUT2D eigenvalue weighted by Crippen LogP contribution is -2.49. The van der Waals surface area contributed by atoms with Gasteiger partial charge in [0.15, 0.2) is 5.78 Å². The van der Waals surface area contributed by atoms with Crippen LogP contribution < -0.4 is 5.32 Å². The first-order valence-corrected chi connectivity index (χ1v) is 10.6. The highest BCUT2D eigenvalue weighted by Gasteiger charge is 2.30. The predicted octanol–water partition coefficient (Wildman–Crippen LogP) is 3.35. The number of nitrogens with zero attached hydrogens (tertiary/aromatic N) is 1. The highest BCUT2D eigenvalue weighted by Crippen LogP contribution is 2.28. The SMILES string of the molecule is CC(C)CC(O)C(O)C(CC1CCCCC1)NC(=O)O.CCC(=O)C(C)=NOC. The van der Waals surface area contributed by atoms with Crippen LogP contribution in [0.3, 0.4) is 0 Å². The average molecular weight is 417 g/mol. The number of ketones is 1. The van der Waals surface area contributed by atoms with Gasteiger partial charge in [0.2, 0.25) is 0 Å². The second-order valence-corrected chi connectivity index (χ2v) is 8.12. The number of amides is 1. The van der Waals surface area contributed by atoms with Crippen LogP contribution in [0.1, 0.15) is 79.1 Å². The number of oxime groups is 1. The molecule has 0 heterocycles. The summed E-state index contributed by atoms with van der Waals surface area (Å²) < 4.78 is 0. The van der Waals surface area contributed by atoms with Crippen molar-refractivity contribution in [1.82, 2.24) is 5.32 Å². The molecular weight excluding hydrogens is 376 g/mol. The first-order valence-electron chi connectivity index (χ1n) is 10.6. The van der Waals surface area contributed by atoms with E-state index in [1.165, 1.54) is 26.4 Å². The van der Waals surface area contributed by atoms with Gasteiger partial charge in [-0.25, -0.2) is 4.79 Å². The summed E-state index contributed by atoms with van der Waals surface area (Å²) in [6, 6.07) is -0.579. The van der Waals surface area contributed by atoms with Crippen LogP contribution in [-0.2, 0) is 9.63 Å². The normalized spacial score (nSPS) is 18.3. The van der Waals surface area contributed by atoms with E-state index < -0.39 is 24.3 Å². The van der Waals surface area contributed by atoms with E-state index in [0.717, 1.165) is 12.8 Å². The van der Waals surface area contributed by atoms with Gasteiger partial charge in [-0.15, -0.1) is 0 Å². The number of nitrogens with one attached hydrogen (secondary N) is 1. The zero-order valence-electron chi connectivity index (χ0n) is 18.6. The molecule has 0 aromatic heterocycles. The minimum atomic E-state index is -1.14. The van der Waals surface area contributed by atoms with E-state index >= 15 is 0 Å². The molecule has 4 N–H and O–H groups in total. The Morgan fingerprint density at radius 3 is 2.21 bits per heavy atom. The number of rotatable bonds is 10. The molecule has 1 aliphatic rings. The zero-order chi connectivity index (χ0) is 22.4. The molecule has 0 radical (unpaired) electrons. The molecule has 1 saturated carbocycles. The Hall–Kier alpha value is -1.67. The molecule has 0 spiro atoms. The lowest BCUT2D eigenvalue weighted by Gasteiger charge is -2.31. The first-order chi connectivity index (χ1) is 13.6. The molecular formula is C21H40N2O6. The van der Waals surface area contributed by atoms with E-state index in [2.05, 4.69) is 15.3 Å². The summed E-state index contributed by atoms with van der Waals surface area (Å²) in [5, 5.41) is 35.0. The molecule has 1 fully saturated rings. The minimum absolute atomic E-state index is 0.0249. The van der Waals surface area contributed by atoms with Crippen molar-refractivity contribution in [3.05, 3.63) is 0 Å². The highest BCUT2D eigenvalue weighted by atomic mass is 16.6. The fourth-order valence-electron chi connectivity index (χ4n) is 3.56. The van der Waals surface area contributed by atoms with E-state index in [9.17, 15) is 19.8 Å². The van der Waals surface area contributed by atoms with E-state index in [0.29, 0.717) is 30.9 Å². The van der Waals surface area contributed by atoms with Crippen molar-refractivity contribution < 1.29 is 29.7 Å². The van der Waals surface area contributed by atoms with Gasteiger partial charge >= 0.3 is 6.09 Å². The third kappa shape index (κ3) is 12.5. The maximum atomic E-state index is 10.9. The van der Waals surface area contributed by atoms with Crippen molar-refractivity contribution >= 4 is 17.6 Å². The standard InChI is InChI=1S/C15H29NO4.C6H11NO2/c1-10(2)8-13(17)14(18)12(16-15(19)20)9-11-6-4-3-5-7-11;1-4-6(8)5(2)7-9-3/h10-14,16-18H,3-9H2,1-2H3,(H,19,20);4H2,1-3H3. The average Bonchev–Trinajstić information content (AvgIpc) is 2.66. The number of carbonyl (C=O) groups is 2. The molecule has 0 saturated heterocycles. The molecule has 1 rings (SSSR count). The second kappa shape index (κ2) is 15.2. The molecule has 8 heteroatoms. The zero-order valence-corrected chi connectivity index (χ0v) is 18.6. The van der Waals surface area contributed by atoms with Gasteiger partial charge in [-0.05, 0) is 31.6 Å².